The van der Waals surface area contributed by atoms with Gasteiger partial charge < -0.3 is 14.6 Å². The van der Waals surface area contributed by atoms with Gasteiger partial charge in [-0.3, -0.25) is 4.79 Å². The van der Waals surface area contributed by atoms with Gasteiger partial charge >= 0.3 is 5.97 Å². The van der Waals surface area contributed by atoms with Crippen LogP contribution in [0, 0.1) is 5.41 Å². The van der Waals surface area contributed by atoms with E-state index in [1.165, 1.54) is 14.2 Å². The first-order valence-electron chi connectivity index (χ1n) is 6.34. The van der Waals surface area contributed by atoms with E-state index < -0.39 is 32.4 Å². The third-order valence-electron chi connectivity index (χ3n) is 3.97. The Morgan fingerprint density at radius 2 is 1.86 bits per heavy atom. The number of sulfone groups is 1. The van der Waals surface area contributed by atoms with Gasteiger partial charge in [-0.1, -0.05) is 12.1 Å². The molecule has 1 aliphatic carbocycles. The van der Waals surface area contributed by atoms with Gasteiger partial charge in [-0.05, 0) is 17.7 Å². The molecule has 21 heavy (non-hydrogen) atoms. The molecule has 7 heteroatoms. The summed E-state index contributed by atoms with van der Waals surface area (Å²) in [4.78, 5) is 11.7. The van der Waals surface area contributed by atoms with Gasteiger partial charge in [0.05, 0.1) is 19.0 Å². The van der Waals surface area contributed by atoms with Crippen molar-refractivity contribution < 1.29 is 27.8 Å². The molecule has 116 valence electrons. The number of ether oxygens (including phenoxy) is 2. The molecule has 0 saturated heterocycles. The average Bonchev–Trinajstić information content (AvgIpc) is 3.10. The summed E-state index contributed by atoms with van der Waals surface area (Å²) < 4.78 is 33.9. The van der Waals surface area contributed by atoms with E-state index >= 15 is 0 Å². The Bertz CT molecular complexity index is 636. The Morgan fingerprint density at radius 1 is 1.29 bits per heavy atom. The Balaban J connectivity index is 2.46. The summed E-state index contributed by atoms with van der Waals surface area (Å²) in [6, 6.07) is 6.77. The number of carbonyl (C=O) groups is 1. The molecule has 0 aliphatic heterocycles. The van der Waals surface area contributed by atoms with Crippen LogP contribution in [0.5, 0.6) is 5.75 Å². The van der Waals surface area contributed by atoms with E-state index in [1.807, 2.05) is 0 Å². The van der Waals surface area contributed by atoms with Crippen LogP contribution in [-0.4, -0.2) is 51.8 Å². The summed E-state index contributed by atoms with van der Waals surface area (Å²) >= 11 is 0. The standard InChI is InChI=1S/C14H18O6S/c1-19-8-14(13(15)16)11(12(14)21(3,17)18)9-4-6-10(20-2)7-5-9/h4-7,11-12H,8H2,1-3H3,(H,15,16)/t11-,12+,14-/m0/s1. The Morgan fingerprint density at radius 3 is 2.24 bits per heavy atom. The zero-order valence-corrected chi connectivity index (χ0v) is 12.9. The van der Waals surface area contributed by atoms with Gasteiger partial charge in [0.2, 0.25) is 0 Å². The second kappa shape index (κ2) is 5.31. The Hall–Kier alpha value is -1.60. The maximum atomic E-state index is 12.0. The predicted octanol–water partition coefficient (Wildman–Crippen LogP) is 0.923. The number of hydrogen-bond donors (Lipinski definition) is 1. The van der Waals surface area contributed by atoms with E-state index in [9.17, 15) is 18.3 Å². The van der Waals surface area contributed by atoms with Crippen molar-refractivity contribution in [2.45, 2.75) is 11.2 Å². The van der Waals surface area contributed by atoms with Gasteiger partial charge in [-0.15, -0.1) is 0 Å². The predicted molar refractivity (Wildman–Crippen MR) is 76.3 cm³/mol. The molecule has 1 fully saturated rings. The van der Waals surface area contributed by atoms with Gasteiger partial charge in [-0.2, -0.15) is 0 Å². The van der Waals surface area contributed by atoms with Gasteiger partial charge in [0.1, 0.15) is 11.2 Å². The molecule has 0 aromatic heterocycles. The SMILES string of the molecule is COC[C@@]1(C(=O)O)[C@H](S(C)(=O)=O)[C@@H]1c1ccc(OC)cc1. The summed E-state index contributed by atoms with van der Waals surface area (Å²) in [6.07, 6.45) is 1.06. The fourth-order valence-electron chi connectivity index (χ4n) is 3.04. The molecule has 0 spiro atoms. The van der Waals surface area contributed by atoms with Crippen LogP contribution in [0.2, 0.25) is 0 Å². The lowest BCUT2D eigenvalue weighted by Gasteiger charge is -2.11. The van der Waals surface area contributed by atoms with E-state index in [0.717, 1.165) is 6.26 Å². The van der Waals surface area contributed by atoms with Crippen molar-refractivity contribution in [1.82, 2.24) is 0 Å². The number of rotatable bonds is 6. The highest BCUT2D eigenvalue weighted by Gasteiger charge is 2.74. The second-order valence-electron chi connectivity index (χ2n) is 5.28. The van der Waals surface area contributed by atoms with Crippen molar-refractivity contribution in [3.63, 3.8) is 0 Å². The zero-order valence-electron chi connectivity index (χ0n) is 12.1. The van der Waals surface area contributed by atoms with Crippen molar-refractivity contribution in [3.8, 4) is 5.75 Å². The summed E-state index contributed by atoms with van der Waals surface area (Å²) in [6.45, 7) is -0.142. The first-order chi connectivity index (χ1) is 9.79. The van der Waals surface area contributed by atoms with Crippen LogP contribution >= 0.6 is 0 Å². The Labute approximate surface area is 123 Å². The zero-order chi connectivity index (χ0) is 15.8. The van der Waals surface area contributed by atoms with Crippen molar-refractivity contribution >= 4 is 15.8 Å². The fourth-order valence-corrected chi connectivity index (χ4v) is 4.94. The number of carboxylic acids is 1. The van der Waals surface area contributed by atoms with Crippen LogP contribution in [0.1, 0.15) is 11.5 Å². The van der Waals surface area contributed by atoms with Crippen LogP contribution in [-0.2, 0) is 19.4 Å². The molecular weight excluding hydrogens is 296 g/mol. The molecule has 0 amide bonds. The lowest BCUT2D eigenvalue weighted by molar-refractivity contribution is -0.145. The van der Waals surface area contributed by atoms with Gasteiger partial charge in [0.25, 0.3) is 0 Å². The van der Waals surface area contributed by atoms with E-state index in [2.05, 4.69) is 0 Å². The minimum absolute atomic E-state index is 0.142. The number of methoxy groups -OCH3 is 2. The third-order valence-corrected chi connectivity index (χ3v) is 5.59. The normalized spacial score (nSPS) is 28.1. The van der Waals surface area contributed by atoms with E-state index in [0.29, 0.717) is 11.3 Å². The number of benzene rings is 1. The molecule has 0 radical (unpaired) electrons. The van der Waals surface area contributed by atoms with Gasteiger partial charge in [0.15, 0.2) is 9.84 Å². The highest BCUT2D eigenvalue weighted by Crippen LogP contribution is 2.63. The topological polar surface area (TPSA) is 89.9 Å². The number of aliphatic carboxylic acids is 1. The largest absolute Gasteiger partial charge is 0.497 e. The molecule has 1 saturated carbocycles. The molecule has 6 nitrogen and oxygen atoms in total. The quantitative estimate of drug-likeness (QED) is 0.840. The summed E-state index contributed by atoms with van der Waals surface area (Å²) in [5.74, 6) is -1.14. The molecule has 2 rings (SSSR count). The summed E-state index contributed by atoms with van der Waals surface area (Å²) in [5, 5.41) is 8.56. The smallest absolute Gasteiger partial charge is 0.314 e. The van der Waals surface area contributed by atoms with Crippen molar-refractivity contribution in [3.05, 3.63) is 29.8 Å². The Kier molecular flexibility index (Phi) is 3.99. The first kappa shape index (κ1) is 15.8. The van der Waals surface area contributed by atoms with Crippen LogP contribution in [0.25, 0.3) is 0 Å². The molecule has 0 unspecified atom stereocenters. The highest BCUT2D eigenvalue weighted by atomic mass is 32.2. The van der Waals surface area contributed by atoms with Crippen molar-refractivity contribution in [2.75, 3.05) is 27.1 Å². The third kappa shape index (κ3) is 2.51. The van der Waals surface area contributed by atoms with Gasteiger partial charge in [0, 0.05) is 19.3 Å². The fraction of sp³-hybridized carbons (Fsp3) is 0.500. The lowest BCUT2D eigenvalue weighted by Crippen LogP contribution is -2.28. The molecule has 1 aromatic carbocycles. The van der Waals surface area contributed by atoms with Gasteiger partial charge in [-0.25, -0.2) is 8.42 Å². The molecule has 1 N–H and O–H groups in total. The van der Waals surface area contributed by atoms with Crippen LogP contribution in [0.15, 0.2) is 24.3 Å². The lowest BCUT2D eigenvalue weighted by atomic mass is 10.00. The maximum Gasteiger partial charge on any atom is 0.314 e. The first-order valence-corrected chi connectivity index (χ1v) is 8.29. The molecule has 3 atom stereocenters. The maximum absolute atomic E-state index is 12.0. The molecule has 0 heterocycles. The van der Waals surface area contributed by atoms with E-state index in [1.54, 1.807) is 24.3 Å². The van der Waals surface area contributed by atoms with Crippen molar-refractivity contribution in [1.29, 1.82) is 0 Å². The molecule has 1 aliphatic rings. The van der Waals surface area contributed by atoms with E-state index in [-0.39, 0.29) is 6.61 Å². The number of carboxylic acid groups (broad SMARTS) is 1. The summed E-state index contributed by atoms with van der Waals surface area (Å²) in [5.41, 5.74) is -0.762. The number of hydrogen-bond acceptors (Lipinski definition) is 5. The molecule has 0 bridgehead atoms. The minimum Gasteiger partial charge on any atom is -0.497 e. The van der Waals surface area contributed by atoms with E-state index in [4.69, 9.17) is 9.47 Å². The molecular formula is C14H18O6S. The van der Waals surface area contributed by atoms with Crippen molar-refractivity contribution in [2.24, 2.45) is 5.41 Å². The van der Waals surface area contributed by atoms with Crippen LogP contribution < -0.4 is 4.74 Å². The average molecular weight is 314 g/mol. The van der Waals surface area contributed by atoms with Crippen LogP contribution in [0.3, 0.4) is 0 Å². The molecule has 1 aromatic rings. The van der Waals surface area contributed by atoms with Crippen LogP contribution in [0.4, 0.5) is 0 Å². The monoisotopic (exact) mass is 314 g/mol. The summed E-state index contributed by atoms with van der Waals surface area (Å²) in [7, 11) is -0.615. The highest BCUT2D eigenvalue weighted by molar-refractivity contribution is 7.91. The minimum atomic E-state index is -3.51. The second-order valence-corrected chi connectivity index (χ2v) is 7.45.